The fourth-order valence-electron chi connectivity index (χ4n) is 7.46. The molecule has 1 aliphatic carbocycles. The van der Waals surface area contributed by atoms with Gasteiger partial charge >= 0.3 is 12.2 Å². The number of amides is 4. The number of hydrazine groups is 1. The van der Waals surface area contributed by atoms with Gasteiger partial charge in [-0.1, -0.05) is 51.0 Å². The lowest BCUT2D eigenvalue weighted by Crippen LogP contribution is -2.53. The number of hydrogen-bond donors (Lipinski definition) is 4. The van der Waals surface area contributed by atoms with Crippen molar-refractivity contribution in [3.63, 3.8) is 0 Å². The average molecular weight is 759 g/mol. The highest BCUT2D eigenvalue weighted by Gasteiger charge is 2.39. The number of likely N-dealkylation sites (tertiary alicyclic amines) is 1. The Balaban J connectivity index is 1.13. The summed E-state index contributed by atoms with van der Waals surface area (Å²) in [6.45, 7) is 8.12. The maximum absolute atomic E-state index is 13.7. The molecule has 1 saturated carbocycles. The van der Waals surface area contributed by atoms with Crippen molar-refractivity contribution in [2.24, 2.45) is 11.8 Å². The Labute approximate surface area is 319 Å². The third-order valence-electron chi connectivity index (χ3n) is 10.4. The van der Waals surface area contributed by atoms with Crippen molar-refractivity contribution >= 4 is 35.3 Å². The van der Waals surface area contributed by atoms with Crippen LogP contribution in [0.3, 0.4) is 0 Å². The molecule has 4 aromatic rings. The van der Waals surface area contributed by atoms with Gasteiger partial charge in [-0.3, -0.25) is 9.59 Å². The molecule has 2 fully saturated rings. The van der Waals surface area contributed by atoms with Gasteiger partial charge in [-0.15, -0.1) is 11.3 Å². The smallest absolute Gasteiger partial charge is 0.425 e. The first-order chi connectivity index (χ1) is 26.0. The molecular formula is C39H50N8O6S. The zero-order chi connectivity index (χ0) is 38.5. The van der Waals surface area contributed by atoms with Gasteiger partial charge in [-0.2, -0.15) is 0 Å². The van der Waals surface area contributed by atoms with Crippen LogP contribution < -0.4 is 10.7 Å². The molecule has 2 aliphatic rings. The number of thiophene rings is 1. The number of methoxy groups -OCH3 is 2. The number of carbonyl (C=O) groups excluding carboxylic acids is 4. The van der Waals surface area contributed by atoms with Gasteiger partial charge in [0.05, 0.1) is 48.9 Å². The summed E-state index contributed by atoms with van der Waals surface area (Å²) in [5, 5.41) is 4.07. The van der Waals surface area contributed by atoms with Crippen LogP contribution in [0.5, 0.6) is 0 Å². The fourth-order valence-corrected chi connectivity index (χ4v) is 8.44. The lowest BCUT2D eigenvalue weighted by molar-refractivity contribution is -0.142. The largest absolute Gasteiger partial charge is 0.453 e. The van der Waals surface area contributed by atoms with Crippen LogP contribution in [0.2, 0.25) is 0 Å². The Hall–Kier alpha value is -5.18. The molecular weight excluding hydrogens is 709 g/mol. The molecule has 6 rings (SSSR count). The van der Waals surface area contributed by atoms with E-state index >= 15 is 0 Å². The molecule has 4 N–H and O–H groups in total. The van der Waals surface area contributed by atoms with E-state index in [1.807, 2.05) is 38.8 Å². The molecule has 4 heterocycles. The molecule has 1 aliphatic heterocycles. The fraction of sp³-hybridized carbons (Fsp3) is 0.487. The van der Waals surface area contributed by atoms with E-state index in [9.17, 15) is 19.2 Å². The molecule has 1 aromatic carbocycles. The Kier molecular flexibility index (Phi) is 12.0. The quantitative estimate of drug-likeness (QED) is 0.125. The SMILES string of the molecule is COC(=O)N[C@H](C(=O)N1CCC[C@H]1c1ncc(-c2ccc(-c3ccc(-c4cnc(C5CCCC[C@@H]5C(=O)N(NC(=O)OC)C(C)C)[nH]4)s3)cc2)[nH]1)C(C)C. The maximum atomic E-state index is 13.7. The van der Waals surface area contributed by atoms with Crippen LogP contribution in [0, 0.1) is 11.8 Å². The predicted octanol–water partition coefficient (Wildman–Crippen LogP) is 7.02. The monoisotopic (exact) mass is 758 g/mol. The number of nitrogens with one attached hydrogen (secondary N) is 4. The number of rotatable bonds is 10. The van der Waals surface area contributed by atoms with Gasteiger partial charge in [-0.25, -0.2) is 30.0 Å². The minimum Gasteiger partial charge on any atom is -0.453 e. The first kappa shape index (κ1) is 38.5. The topological polar surface area (TPSA) is 175 Å². The van der Waals surface area contributed by atoms with Crippen LogP contribution in [-0.2, 0) is 19.1 Å². The number of imidazole rings is 2. The Morgan fingerprint density at radius 3 is 2.17 bits per heavy atom. The highest BCUT2D eigenvalue weighted by atomic mass is 32.1. The number of benzene rings is 1. The summed E-state index contributed by atoms with van der Waals surface area (Å²) in [4.78, 5) is 71.5. The summed E-state index contributed by atoms with van der Waals surface area (Å²) in [6, 6.07) is 11.3. The van der Waals surface area contributed by atoms with Crippen LogP contribution in [0.1, 0.15) is 89.8 Å². The van der Waals surface area contributed by atoms with Gasteiger partial charge in [0.2, 0.25) is 11.8 Å². The highest BCUT2D eigenvalue weighted by Crippen LogP contribution is 2.40. The van der Waals surface area contributed by atoms with Crippen LogP contribution >= 0.6 is 11.3 Å². The molecule has 4 atom stereocenters. The third-order valence-corrected chi connectivity index (χ3v) is 11.5. The van der Waals surface area contributed by atoms with E-state index in [4.69, 9.17) is 14.5 Å². The van der Waals surface area contributed by atoms with E-state index in [0.29, 0.717) is 6.54 Å². The van der Waals surface area contributed by atoms with Crippen LogP contribution in [0.4, 0.5) is 9.59 Å². The van der Waals surface area contributed by atoms with E-state index < -0.39 is 18.2 Å². The number of H-pyrrole nitrogens is 2. The third kappa shape index (κ3) is 8.30. The molecule has 4 amide bonds. The molecule has 1 unspecified atom stereocenters. The average Bonchev–Trinajstić information content (AvgIpc) is 4.02. The number of hydrogen-bond acceptors (Lipinski definition) is 9. The van der Waals surface area contributed by atoms with Crippen molar-refractivity contribution in [2.45, 2.75) is 90.3 Å². The van der Waals surface area contributed by atoms with Crippen molar-refractivity contribution in [1.82, 2.24) is 40.6 Å². The van der Waals surface area contributed by atoms with Gasteiger partial charge in [0, 0.05) is 29.3 Å². The number of aromatic amines is 2. The van der Waals surface area contributed by atoms with E-state index in [1.54, 1.807) is 17.5 Å². The molecule has 0 spiro atoms. The molecule has 14 nitrogen and oxygen atoms in total. The van der Waals surface area contributed by atoms with Gasteiger partial charge in [-0.05, 0) is 68.7 Å². The summed E-state index contributed by atoms with van der Waals surface area (Å²) >= 11 is 1.66. The van der Waals surface area contributed by atoms with E-state index in [-0.39, 0.29) is 41.7 Å². The van der Waals surface area contributed by atoms with Crippen molar-refractivity contribution in [1.29, 1.82) is 0 Å². The number of nitrogens with zero attached hydrogens (tertiary/aromatic N) is 4. The second-order valence-electron chi connectivity index (χ2n) is 14.6. The Morgan fingerprint density at radius 1 is 0.815 bits per heavy atom. The molecule has 15 heteroatoms. The normalized spacial score (nSPS) is 19.1. The minimum absolute atomic E-state index is 0.0894. The first-order valence-electron chi connectivity index (χ1n) is 18.6. The zero-order valence-corrected chi connectivity index (χ0v) is 32.5. The van der Waals surface area contributed by atoms with E-state index in [0.717, 1.165) is 82.4 Å². The molecule has 1 saturated heterocycles. The van der Waals surface area contributed by atoms with Gasteiger partial charge < -0.3 is 29.7 Å². The number of ether oxygens (including phenoxy) is 2. The molecule has 0 radical (unpaired) electrons. The van der Waals surface area contributed by atoms with Crippen LogP contribution in [0.25, 0.3) is 32.3 Å². The second kappa shape index (κ2) is 16.9. The summed E-state index contributed by atoms with van der Waals surface area (Å²) in [7, 11) is 2.57. The standard InChI is InChI=1S/C39H50N8O6S/c1-22(2)33(44-38(50)52-5)37(49)46-19-9-12-30(46)35-41-20-28(42-35)24-13-15-25(16-14-24)31-17-18-32(54-31)29-21-40-34(43-29)26-10-7-8-11-27(26)36(48)47(23(3)4)45-39(51)53-6/h13-18,20-23,26-27,30,33H,7-12,19H2,1-6H3,(H,40,43)(H,41,42)(H,44,50)(H,45,51)/t26?,27-,30-,33-/m0/s1. The first-order valence-corrected chi connectivity index (χ1v) is 19.4. The Bertz CT molecular complexity index is 1930. The summed E-state index contributed by atoms with van der Waals surface area (Å²) in [5.74, 6) is 0.727. The van der Waals surface area contributed by atoms with Crippen molar-refractivity contribution in [3.05, 3.63) is 60.4 Å². The van der Waals surface area contributed by atoms with Gasteiger partial charge in [0.1, 0.15) is 17.7 Å². The Morgan fingerprint density at radius 2 is 1.46 bits per heavy atom. The van der Waals surface area contributed by atoms with Crippen molar-refractivity contribution in [3.8, 4) is 32.3 Å². The van der Waals surface area contributed by atoms with E-state index in [2.05, 4.69) is 62.1 Å². The lowest BCUT2D eigenvalue weighted by atomic mass is 9.78. The van der Waals surface area contributed by atoms with E-state index in [1.165, 1.54) is 19.2 Å². The minimum atomic E-state index is -0.688. The summed E-state index contributed by atoms with van der Waals surface area (Å²) in [5.41, 5.74) is 6.40. The maximum Gasteiger partial charge on any atom is 0.425 e. The number of carbonyl (C=O) groups is 4. The second-order valence-corrected chi connectivity index (χ2v) is 15.6. The molecule has 288 valence electrons. The predicted molar refractivity (Wildman–Crippen MR) is 205 cm³/mol. The molecule has 54 heavy (non-hydrogen) atoms. The van der Waals surface area contributed by atoms with Crippen molar-refractivity contribution in [2.75, 3.05) is 20.8 Å². The highest BCUT2D eigenvalue weighted by molar-refractivity contribution is 7.18. The lowest BCUT2D eigenvalue weighted by Gasteiger charge is -2.35. The molecule has 3 aromatic heterocycles. The van der Waals surface area contributed by atoms with Crippen LogP contribution in [-0.4, -0.2) is 86.7 Å². The van der Waals surface area contributed by atoms with Crippen molar-refractivity contribution < 1.29 is 28.7 Å². The van der Waals surface area contributed by atoms with Crippen LogP contribution in [0.15, 0.2) is 48.8 Å². The molecule has 0 bridgehead atoms. The number of alkyl carbamates (subject to hydrolysis) is 1. The number of aromatic nitrogens is 4. The van der Waals surface area contributed by atoms with Gasteiger partial charge in [0.25, 0.3) is 0 Å². The summed E-state index contributed by atoms with van der Waals surface area (Å²) < 4.78 is 9.51. The van der Waals surface area contributed by atoms with Gasteiger partial charge in [0.15, 0.2) is 0 Å². The zero-order valence-electron chi connectivity index (χ0n) is 31.7. The summed E-state index contributed by atoms with van der Waals surface area (Å²) in [6.07, 6.45) is 7.47.